The summed E-state index contributed by atoms with van der Waals surface area (Å²) >= 11 is 6.00. The van der Waals surface area contributed by atoms with E-state index in [-0.39, 0.29) is 6.79 Å². The maximum atomic E-state index is 9.77. The number of hydrogen-bond acceptors (Lipinski definition) is 4. The van der Waals surface area contributed by atoms with Crippen molar-refractivity contribution >= 4 is 11.6 Å². The van der Waals surface area contributed by atoms with Crippen LogP contribution >= 0.6 is 11.6 Å². The van der Waals surface area contributed by atoms with Crippen LogP contribution in [0.4, 0.5) is 0 Å². The summed E-state index contributed by atoms with van der Waals surface area (Å²) in [6, 6.07) is 3.35. The molecule has 0 amide bonds. The van der Waals surface area contributed by atoms with Gasteiger partial charge in [0.25, 0.3) is 0 Å². The fourth-order valence-electron chi connectivity index (χ4n) is 1.50. The van der Waals surface area contributed by atoms with Crippen LogP contribution in [0.5, 0.6) is 11.5 Å². The van der Waals surface area contributed by atoms with Crippen molar-refractivity contribution in [1.29, 1.82) is 0 Å². The van der Waals surface area contributed by atoms with Gasteiger partial charge in [-0.15, -0.1) is 0 Å². The van der Waals surface area contributed by atoms with Crippen LogP contribution in [-0.4, -0.2) is 18.4 Å². The molecule has 0 saturated heterocycles. The lowest BCUT2D eigenvalue weighted by atomic mass is 10.1. The first-order chi connectivity index (χ1) is 7.22. The molecule has 4 nitrogen and oxygen atoms in total. The molecule has 82 valence electrons. The zero-order chi connectivity index (χ0) is 10.8. The maximum Gasteiger partial charge on any atom is 0.231 e. The molecule has 1 atom stereocenters. The van der Waals surface area contributed by atoms with Crippen LogP contribution in [-0.2, 0) is 0 Å². The van der Waals surface area contributed by atoms with Crippen LogP contribution in [0.2, 0.25) is 5.02 Å². The average Bonchev–Trinajstić information content (AvgIpc) is 2.63. The van der Waals surface area contributed by atoms with Gasteiger partial charge in [0.05, 0.1) is 11.1 Å². The van der Waals surface area contributed by atoms with Crippen molar-refractivity contribution < 1.29 is 14.6 Å². The Kier molecular flexibility index (Phi) is 3.00. The average molecular weight is 230 g/mol. The van der Waals surface area contributed by atoms with Gasteiger partial charge < -0.3 is 20.3 Å². The van der Waals surface area contributed by atoms with E-state index in [1.807, 2.05) is 0 Å². The van der Waals surface area contributed by atoms with E-state index in [4.69, 9.17) is 26.8 Å². The second-order valence-electron chi connectivity index (χ2n) is 3.32. The number of halogens is 1. The van der Waals surface area contributed by atoms with Crippen LogP contribution < -0.4 is 15.2 Å². The van der Waals surface area contributed by atoms with Gasteiger partial charge in [0, 0.05) is 11.6 Å². The van der Waals surface area contributed by atoms with Crippen molar-refractivity contribution in [1.82, 2.24) is 0 Å². The summed E-state index contributed by atoms with van der Waals surface area (Å²) in [5.41, 5.74) is 6.00. The first-order valence-electron chi connectivity index (χ1n) is 4.69. The molecule has 3 N–H and O–H groups in total. The van der Waals surface area contributed by atoms with E-state index in [1.54, 1.807) is 12.1 Å². The highest BCUT2D eigenvalue weighted by Crippen LogP contribution is 2.39. The van der Waals surface area contributed by atoms with E-state index >= 15 is 0 Å². The van der Waals surface area contributed by atoms with Gasteiger partial charge in [0.2, 0.25) is 6.79 Å². The topological polar surface area (TPSA) is 64.7 Å². The molecule has 1 aromatic carbocycles. The van der Waals surface area contributed by atoms with E-state index in [2.05, 4.69) is 0 Å². The normalized spacial score (nSPS) is 15.4. The van der Waals surface area contributed by atoms with E-state index in [1.165, 1.54) is 0 Å². The Morgan fingerprint density at radius 1 is 1.40 bits per heavy atom. The molecule has 0 spiro atoms. The summed E-state index contributed by atoms with van der Waals surface area (Å²) in [7, 11) is 0. The van der Waals surface area contributed by atoms with Crippen LogP contribution in [0.25, 0.3) is 0 Å². The van der Waals surface area contributed by atoms with E-state index < -0.39 is 6.10 Å². The van der Waals surface area contributed by atoms with Crippen molar-refractivity contribution in [3.05, 3.63) is 22.7 Å². The number of rotatable bonds is 3. The van der Waals surface area contributed by atoms with Crippen molar-refractivity contribution in [3.8, 4) is 11.5 Å². The Labute approximate surface area is 92.5 Å². The largest absolute Gasteiger partial charge is 0.454 e. The lowest BCUT2D eigenvalue weighted by Gasteiger charge is -2.12. The molecule has 0 fully saturated rings. The molecule has 1 aromatic rings. The van der Waals surface area contributed by atoms with Gasteiger partial charge in [0.1, 0.15) is 0 Å². The Bertz CT molecular complexity index is 370. The van der Waals surface area contributed by atoms with Crippen molar-refractivity contribution in [3.63, 3.8) is 0 Å². The van der Waals surface area contributed by atoms with Crippen LogP contribution in [0.15, 0.2) is 12.1 Å². The van der Waals surface area contributed by atoms with Crippen LogP contribution in [0.3, 0.4) is 0 Å². The third-order valence-corrected chi connectivity index (χ3v) is 2.62. The minimum absolute atomic E-state index is 0.197. The number of aliphatic hydroxyl groups is 1. The summed E-state index contributed by atoms with van der Waals surface area (Å²) in [5.74, 6) is 1.23. The summed E-state index contributed by atoms with van der Waals surface area (Å²) in [6.07, 6.45) is -0.184. The maximum absolute atomic E-state index is 9.77. The Morgan fingerprint density at radius 3 is 2.73 bits per heavy atom. The number of aliphatic hydroxyl groups excluding tert-OH is 1. The van der Waals surface area contributed by atoms with Crippen molar-refractivity contribution in [2.75, 3.05) is 13.3 Å². The lowest BCUT2D eigenvalue weighted by Crippen LogP contribution is -2.07. The van der Waals surface area contributed by atoms with Gasteiger partial charge in [-0.3, -0.25) is 0 Å². The predicted octanol–water partition coefficient (Wildman–Crippen LogP) is 1.45. The van der Waals surface area contributed by atoms with E-state index in [9.17, 15) is 5.11 Å². The van der Waals surface area contributed by atoms with Gasteiger partial charge in [-0.2, -0.15) is 0 Å². The van der Waals surface area contributed by atoms with Gasteiger partial charge in [0.15, 0.2) is 11.5 Å². The number of fused-ring (bicyclic) bond motifs is 1. The molecule has 0 saturated carbocycles. The zero-order valence-electron chi connectivity index (χ0n) is 8.07. The minimum Gasteiger partial charge on any atom is -0.454 e. The first-order valence-corrected chi connectivity index (χ1v) is 5.07. The molecule has 1 aliphatic rings. The standard InChI is InChI=1S/C10H12ClNO3/c11-7-4-10-9(14-5-15-10)3-6(7)8(13)1-2-12/h3-4,8,13H,1-2,5,12H2. The third-order valence-electron chi connectivity index (χ3n) is 2.29. The second kappa shape index (κ2) is 4.26. The summed E-state index contributed by atoms with van der Waals surface area (Å²) in [4.78, 5) is 0. The Hall–Kier alpha value is -0.970. The molecule has 0 aliphatic carbocycles. The Morgan fingerprint density at radius 2 is 2.07 bits per heavy atom. The molecule has 0 aromatic heterocycles. The predicted molar refractivity (Wildman–Crippen MR) is 56.2 cm³/mol. The van der Waals surface area contributed by atoms with Gasteiger partial charge in [-0.25, -0.2) is 0 Å². The van der Waals surface area contributed by atoms with Gasteiger partial charge in [-0.05, 0) is 19.0 Å². The number of hydrogen-bond donors (Lipinski definition) is 2. The van der Waals surface area contributed by atoms with Gasteiger partial charge in [-0.1, -0.05) is 11.6 Å². The second-order valence-corrected chi connectivity index (χ2v) is 3.73. The molecular formula is C10H12ClNO3. The SMILES string of the molecule is NCCC(O)c1cc2c(cc1Cl)OCO2. The van der Waals surface area contributed by atoms with Crippen molar-refractivity contribution in [2.45, 2.75) is 12.5 Å². The van der Waals surface area contributed by atoms with Crippen LogP contribution in [0, 0.1) is 0 Å². The highest BCUT2D eigenvalue weighted by molar-refractivity contribution is 6.31. The fourth-order valence-corrected chi connectivity index (χ4v) is 1.78. The number of ether oxygens (including phenoxy) is 2. The van der Waals surface area contributed by atoms with E-state index in [0.29, 0.717) is 35.1 Å². The molecule has 1 heterocycles. The summed E-state index contributed by atoms with van der Waals surface area (Å²) in [5, 5.41) is 10.2. The smallest absolute Gasteiger partial charge is 0.231 e. The lowest BCUT2D eigenvalue weighted by molar-refractivity contribution is 0.167. The highest BCUT2D eigenvalue weighted by atomic mass is 35.5. The third kappa shape index (κ3) is 2.02. The highest BCUT2D eigenvalue weighted by Gasteiger charge is 2.19. The van der Waals surface area contributed by atoms with E-state index in [0.717, 1.165) is 0 Å². The number of benzene rings is 1. The van der Waals surface area contributed by atoms with Crippen molar-refractivity contribution in [2.24, 2.45) is 5.73 Å². The molecule has 1 aliphatic heterocycles. The van der Waals surface area contributed by atoms with Gasteiger partial charge >= 0.3 is 0 Å². The summed E-state index contributed by atoms with van der Waals surface area (Å²) in [6.45, 7) is 0.605. The molecular weight excluding hydrogens is 218 g/mol. The summed E-state index contributed by atoms with van der Waals surface area (Å²) < 4.78 is 10.4. The molecule has 15 heavy (non-hydrogen) atoms. The minimum atomic E-state index is -0.656. The zero-order valence-corrected chi connectivity index (χ0v) is 8.83. The molecule has 1 unspecified atom stereocenters. The molecule has 0 radical (unpaired) electrons. The molecule has 0 bridgehead atoms. The fraction of sp³-hybridized carbons (Fsp3) is 0.400. The Balaban J connectivity index is 2.31. The van der Waals surface area contributed by atoms with Crippen LogP contribution in [0.1, 0.15) is 18.1 Å². The molecule has 5 heteroatoms. The number of nitrogens with two attached hydrogens (primary N) is 1. The molecule has 2 rings (SSSR count). The monoisotopic (exact) mass is 229 g/mol. The first kappa shape index (κ1) is 10.5. The quantitative estimate of drug-likeness (QED) is 0.824.